The quantitative estimate of drug-likeness (QED) is 0.502. The molecule has 0 heterocycles. The highest BCUT2D eigenvalue weighted by atomic mass is 16.6. The molecule has 1 saturated carbocycles. The number of nitro groups is 2. The predicted molar refractivity (Wildman–Crippen MR) is 47.9 cm³/mol. The Morgan fingerprint density at radius 1 is 1.21 bits per heavy atom. The van der Waals surface area contributed by atoms with Crippen molar-refractivity contribution in [2.75, 3.05) is 0 Å². The molecule has 4 atom stereocenters. The average Bonchev–Trinajstić information content (AvgIpc) is 2.08. The second-order valence-corrected chi connectivity index (χ2v) is 3.79. The van der Waals surface area contributed by atoms with Crippen LogP contribution in [0.5, 0.6) is 0 Å². The molecule has 14 heavy (non-hydrogen) atoms. The van der Waals surface area contributed by atoms with Gasteiger partial charge in [-0.15, -0.1) is 0 Å². The minimum atomic E-state index is -0.880. The van der Waals surface area contributed by atoms with E-state index in [1.54, 1.807) is 6.92 Å². The first-order valence-electron chi connectivity index (χ1n) is 4.46. The van der Waals surface area contributed by atoms with Gasteiger partial charge in [-0.25, -0.2) is 0 Å². The first-order valence-corrected chi connectivity index (χ1v) is 4.46. The lowest BCUT2D eigenvalue weighted by molar-refractivity contribution is -0.574. The van der Waals surface area contributed by atoms with E-state index < -0.39 is 28.0 Å². The van der Waals surface area contributed by atoms with E-state index in [4.69, 9.17) is 5.73 Å². The van der Waals surface area contributed by atoms with Crippen molar-refractivity contribution in [3.8, 4) is 0 Å². The summed E-state index contributed by atoms with van der Waals surface area (Å²) in [5.41, 5.74) is 5.63. The van der Waals surface area contributed by atoms with Gasteiger partial charge in [0.05, 0.1) is 6.42 Å². The van der Waals surface area contributed by atoms with Crippen molar-refractivity contribution >= 4 is 0 Å². The monoisotopic (exact) mass is 203 g/mol. The minimum Gasteiger partial charge on any atom is -0.327 e. The first-order chi connectivity index (χ1) is 6.43. The van der Waals surface area contributed by atoms with Crippen LogP contribution >= 0.6 is 0 Å². The number of hydrogen-bond acceptors (Lipinski definition) is 5. The van der Waals surface area contributed by atoms with Gasteiger partial charge in [-0.3, -0.25) is 20.2 Å². The van der Waals surface area contributed by atoms with Crippen LogP contribution in [0.2, 0.25) is 0 Å². The van der Waals surface area contributed by atoms with Gasteiger partial charge in [0.15, 0.2) is 0 Å². The maximum Gasteiger partial charge on any atom is 0.223 e. The zero-order chi connectivity index (χ0) is 10.9. The van der Waals surface area contributed by atoms with Crippen LogP contribution in [0, 0.1) is 26.1 Å². The van der Waals surface area contributed by atoms with E-state index >= 15 is 0 Å². The summed E-state index contributed by atoms with van der Waals surface area (Å²) in [6, 6.07) is -2.19. The fraction of sp³-hybridized carbons (Fsp3) is 1.00. The summed E-state index contributed by atoms with van der Waals surface area (Å²) < 4.78 is 0. The molecule has 0 aromatic carbocycles. The molecule has 7 nitrogen and oxygen atoms in total. The Bertz CT molecular complexity index is 257. The Balaban J connectivity index is 2.76. The third kappa shape index (κ3) is 1.98. The lowest BCUT2D eigenvalue weighted by atomic mass is 9.80. The summed E-state index contributed by atoms with van der Waals surface area (Å²) in [4.78, 5) is 20.2. The zero-order valence-electron chi connectivity index (χ0n) is 7.83. The van der Waals surface area contributed by atoms with Crippen molar-refractivity contribution in [1.29, 1.82) is 0 Å². The van der Waals surface area contributed by atoms with Crippen LogP contribution in [0.1, 0.15) is 19.8 Å². The van der Waals surface area contributed by atoms with Crippen molar-refractivity contribution in [3.05, 3.63) is 20.2 Å². The molecular formula is C7H13N3O4. The molecule has 1 rings (SSSR count). The van der Waals surface area contributed by atoms with Crippen molar-refractivity contribution in [2.45, 2.75) is 37.9 Å². The molecule has 0 amide bonds. The predicted octanol–water partition coefficient (Wildman–Crippen LogP) is 0.0342. The molecule has 0 aromatic heterocycles. The van der Waals surface area contributed by atoms with E-state index in [0.717, 1.165) is 0 Å². The first kappa shape index (κ1) is 10.8. The third-order valence-electron chi connectivity index (χ3n) is 2.91. The van der Waals surface area contributed by atoms with Crippen LogP contribution in [0.4, 0.5) is 0 Å². The maximum atomic E-state index is 10.6. The molecule has 1 fully saturated rings. The van der Waals surface area contributed by atoms with E-state index in [1.165, 1.54) is 0 Å². The highest BCUT2D eigenvalue weighted by molar-refractivity contribution is 4.86. The zero-order valence-corrected chi connectivity index (χ0v) is 7.83. The van der Waals surface area contributed by atoms with Gasteiger partial charge >= 0.3 is 0 Å². The molecule has 7 heteroatoms. The SMILES string of the molecule is CC1C(N)CC([N+](=O)[O-])CC1[N+](=O)[O-]. The summed E-state index contributed by atoms with van der Waals surface area (Å²) in [5.74, 6) is -0.291. The maximum absolute atomic E-state index is 10.6. The van der Waals surface area contributed by atoms with Crippen LogP contribution in [0.15, 0.2) is 0 Å². The molecule has 80 valence electrons. The van der Waals surface area contributed by atoms with Gasteiger partial charge in [0.2, 0.25) is 12.1 Å². The lowest BCUT2D eigenvalue weighted by Crippen LogP contribution is -2.50. The number of rotatable bonds is 2. The third-order valence-corrected chi connectivity index (χ3v) is 2.91. The Labute approximate surface area is 80.6 Å². The smallest absolute Gasteiger partial charge is 0.223 e. The largest absolute Gasteiger partial charge is 0.327 e. The van der Waals surface area contributed by atoms with Crippen molar-refractivity contribution < 1.29 is 9.85 Å². The summed E-state index contributed by atoms with van der Waals surface area (Å²) in [7, 11) is 0. The van der Waals surface area contributed by atoms with Gasteiger partial charge in [-0.1, -0.05) is 6.92 Å². The molecule has 0 aliphatic heterocycles. The van der Waals surface area contributed by atoms with Crippen LogP contribution in [0.25, 0.3) is 0 Å². The number of nitrogens with zero attached hydrogens (tertiary/aromatic N) is 2. The molecule has 0 bridgehead atoms. The van der Waals surface area contributed by atoms with Crippen molar-refractivity contribution in [1.82, 2.24) is 0 Å². The molecule has 0 aromatic rings. The standard InChI is InChI=1S/C7H13N3O4/c1-4-6(8)2-5(9(11)12)3-7(4)10(13)14/h4-7H,2-3,8H2,1H3. The average molecular weight is 203 g/mol. The van der Waals surface area contributed by atoms with Crippen LogP contribution in [-0.4, -0.2) is 28.0 Å². The highest BCUT2D eigenvalue weighted by Gasteiger charge is 2.45. The Kier molecular flexibility index (Phi) is 3.00. The van der Waals surface area contributed by atoms with Crippen LogP contribution in [0.3, 0.4) is 0 Å². The normalized spacial score (nSPS) is 37.9. The molecule has 1 aliphatic rings. The van der Waals surface area contributed by atoms with E-state index in [-0.39, 0.29) is 18.8 Å². The summed E-state index contributed by atoms with van der Waals surface area (Å²) >= 11 is 0. The van der Waals surface area contributed by atoms with Gasteiger partial charge in [0.25, 0.3) is 0 Å². The summed E-state index contributed by atoms with van der Waals surface area (Å²) in [5, 5.41) is 21.1. The minimum absolute atomic E-state index is 0.00509. The molecule has 0 spiro atoms. The molecule has 1 aliphatic carbocycles. The van der Waals surface area contributed by atoms with Gasteiger partial charge in [0, 0.05) is 28.2 Å². The van der Waals surface area contributed by atoms with Gasteiger partial charge < -0.3 is 5.73 Å². The van der Waals surface area contributed by atoms with Crippen LogP contribution in [-0.2, 0) is 0 Å². The van der Waals surface area contributed by atoms with E-state index in [0.29, 0.717) is 0 Å². The van der Waals surface area contributed by atoms with Crippen molar-refractivity contribution in [2.24, 2.45) is 11.7 Å². The van der Waals surface area contributed by atoms with E-state index in [2.05, 4.69) is 0 Å². The van der Waals surface area contributed by atoms with Gasteiger partial charge in [0.1, 0.15) is 0 Å². The highest BCUT2D eigenvalue weighted by Crippen LogP contribution is 2.27. The lowest BCUT2D eigenvalue weighted by Gasteiger charge is -2.29. The Morgan fingerprint density at radius 3 is 2.21 bits per heavy atom. The van der Waals surface area contributed by atoms with E-state index in [9.17, 15) is 20.2 Å². The molecule has 2 N–H and O–H groups in total. The fourth-order valence-electron chi connectivity index (χ4n) is 1.85. The molecule has 0 saturated heterocycles. The van der Waals surface area contributed by atoms with Gasteiger partial charge in [-0.05, 0) is 0 Å². The van der Waals surface area contributed by atoms with E-state index in [1.807, 2.05) is 0 Å². The Hall–Kier alpha value is -1.24. The molecule has 4 unspecified atom stereocenters. The van der Waals surface area contributed by atoms with Gasteiger partial charge in [-0.2, -0.15) is 0 Å². The topological polar surface area (TPSA) is 112 Å². The summed E-state index contributed by atoms with van der Waals surface area (Å²) in [6.07, 6.45) is 0.230. The van der Waals surface area contributed by atoms with Crippen LogP contribution < -0.4 is 5.73 Å². The second kappa shape index (κ2) is 3.87. The number of hydrogen-bond donors (Lipinski definition) is 1. The molecule has 0 radical (unpaired) electrons. The van der Waals surface area contributed by atoms with Crippen molar-refractivity contribution in [3.63, 3.8) is 0 Å². The summed E-state index contributed by atoms with van der Waals surface area (Å²) in [6.45, 7) is 1.67. The fourth-order valence-corrected chi connectivity index (χ4v) is 1.85. The second-order valence-electron chi connectivity index (χ2n) is 3.79. The Morgan fingerprint density at radius 2 is 1.79 bits per heavy atom. The number of nitrogens with two attached hydrogens (primary N) is 1. The molecular weight excluding hydrogens is 190 g/mol.